The molecular formula is C10H14O2. The van der Waals surface area contributed by atoms with Crippen molar-refractivity contribution in [3.05, 3.63) is 29.3 Å². The molecule has 0 radical (unpaired) electrons. The quantitative estimate of drug-likeness (QED) is 0.641. The van der Waals surface area contributed by atoms with Crippen molar-refractivity contribution in [2.24, 2.45) is 0 Å². The van der Waals surface area contributed by atoms with Crippen LogP contribution < -0.4 is 4.74 Å². The van der Waals surface area contributed by atoms with Gasteiger partial charge in [0.05, 0.1) is 0 Å². The number of hydrogen-bond donors (Lipinski definition) is 0. The Kier molecular flexibility index (Phi) is 3.11. The number of ether oxygens (including phenoxy) is 2. The highest BCUT2D eigenvalue weighted by Crippen LogP contribution is 2.20. The van der Waals surface area contributed by atoms with E-state index in [-0.39, 0.29) is 0 Å². The number of benzene rings is 1. The third-order valence-corrected chi connectivity index (χ3v) is 1.89. The topological polar surface area (TPSA) is 18.5 Å². The third kappa shape index (κ3) is 1.98. The van der Waals surface area contributed by atoms with Gasteiger partial charge in [0.15, 0.2) is 6.79 Å². The molecule has 0 atom stereocenters. The van der Waals surface area contributed by atoms with Gasteiger partial charge in [0.25, 0.3) is 0 Å². The predicted molar refractivity (Wildman–Crippen MR) is 48.4 cm³/mol. The van der Waals surface area contributed by atoms with Crippen molar-refractivity contribution in [1.82, 2.24) is 0 Å². The minimum absolute atomic E-state index is 0.310. The minimum Gasteiger partial charge on any atom is -0.467 e. The van der Waals surface area contributed by atoms with Crippen molar-refractivity contribution in [1.29, 1.82) is 0 Å². The Bertz CT molecular complexity index is 256. The summed E-state index contributed by atoms with van der Waals surface area (Å²) < 4.78 is 10.2. The molecule has 0 aliphatic heterocycles. The lowest BCUT2D eigenvalue weighted by molar-refractivity contribution is 0.0506. The molecule has 0 heterocycles. The number of aryl methyl sites for hydroxylation is 1. The molecule has 1 rings (SSSR count). The van der Waals surface area contributed by atoms with E-state index >= 15 is 0 Å². The molecule has 0 N–H and O–H groups in total. The first-order valence-electron chi connectivity index (χ1n) is 3.93. The van der Waals surface area contributed by atoms with E-state index in [2.05, 4.69) is 13.0 Å². The van der Waals surface area contributed by atoms with Gasteiger partial charge in [-0.25, -0.2) is 0 Å². The van der Waals surface area contributed by atoms with Gasteiger partial charge in [-0.2, -0.15) is 0 Å². The van der Waals surface area contributed by atoms with Gasteiger partial charge in [-0.15, -0.1) is 0 Å². The summed E-state index contributed by atoms with van der Waals surface area (Å²) in [6, 6.07) is 5.99. The molecule has 0 saturated carbocycles. The minimum atomic E-state index is 0.310. The zero-order chi connectivity index (χ0) is 8.97. The van der Waals surface area contributed by atoms with Crippen LogP contribution in [0.5, 0.6) is 5.75 Å². The van der Waals surface area contributed by atoms with Crippen LogP contribution in [0.3, 0.4) is 0 Å². The SMILES string of the molecule is COCOc1cccc(C)c1C. The molecule has 0 spiro atoms. The molecule has 0 aliphatic carbocycles. The van der Waals surface area contributed by atoms with Crippen LogP contribution in [0.2, 0.25) is 0 Å². The largest absolute Gasteiger partial charge is 0.467 e. The molecule has 0 unspecified atom stereocenters. The maximum atomic E-state index is 5.34. The molecular weight excluding hydrogens is 152 g/mol. The van der Waals surface area contributed by atoms with Crippen LogP contribution in [0, 0.1) is 13.8 Å². The van der Waals surface area contributed by atoms with Crippen molar-refractivity contribution in [2.45, 2.75) is 13.8 Å². The van der Waals surface area contributed by atoms with Crippen LogP contribution in [0.25, 0.3) is 0 Å². The van der Waals surface area contributed by atoms with Gasteiger partial charge < -0.3 is 9.47 Å². The van der Waals surface area contributed by atoms with Crippen LogP contribution >= 0.6 is 0 Å². The second-order valence-corrected chi connectivity index (χ2v) is 2.75. The molecule has 1 aromatic carbocycles. The molecule has 0 fully saturated rings. The third-order valence-electron chi connectivity index (χ3n) is 1.89. The van der Waals surface area contributed by atoms with E-state index in [0.29, 0.717) is 6.79 Å². The van der Waals surface area contributed by atoms with E-state index < -0.39 is 0 Å². The summed E-state index contributed by atoms with van der Waals surface area (Å²) in [4.78, 5) is 0. The Balaban J connectivity index is 2.78. The maximum Gasteiger partial charge on any atom is 0.188 e. The smallest absolute Gasteiger partial charge is 0.188 e. The van der Waals surface area contributed by atoms with Gasteiger partial charge in [-0.1, -0.05) is 12.1 Å². The van der Waals surface area contributed by atoms with Crippen LogP contribution in [-0.4, -0.2) is 13.9 Å². The first-order chi connectivity index (χ1) is 5.75. The molecule has 2 nitrogen and oxygen atoms in total. The van der Waals surface area contributed by atoms with Crippen molar-refractivity contribution in [3.8, 4) is 5.75 Å². The maximum absolute atomic E-state index is 5.34. The molecule has 1 aromatic rings. The number of rotatable bonds is 3. The van der Waals surface area contributed by atoms with Gasteiger partial charge in [-0.05, 0) is 31.0 Å². The van der Waals surface area contributed by atoms with Crippen molar-refractivity contribution in [3.63, 3.8) is 0 Å². The van der Waals surface area contributed by atoms with E-state index in [9.17, 15) is 0 Å². The normalized spacial score (nSPS) is 9.92. The van der Waals surface area contributed by atoms with Crippen LogP contribution in [-0.2, 0) is 4.74 Å². The van der Waals surface area contributed by atoms with Gasteiger partial charge >= 0.3 is 0 Å². The van der Waals surface area contributed by atoms with Gasteiger partial charge in [-0.3, -0.25) is 0 Å². The standard InChI is InChI=1S/C10H14O2/c1-8-5-4-6-10(9(8)2)12-7-11-3/h4-6H,7H2,1-3H3. The molecule has 0 amide bonds. The summed E-state index contributed by atoms with van der Waals surface area (Å²) in [5, 5.41) is 0. The molecule has 0 aromatic heterocycles. The zero-order valence-electron chi connectivity index (χ0n) is 7.76. The lowest BCUT2D eigenvalue weighted by Crippen LogP contribution is -2.00. The highest BCUT2D eigenvalue weighted by molar-refractivity contribution is 5.38. The second-order valence-electron chi connectivity index (χ2n) is 2.75. The first-order valence-corrected chi connectivity index (χ1v) is 3.93. The highest BCUT2D eigenvalue weighted by atomic mass is 16.7. The highest BCUT2D eigenvalue weighted by Gasteiger charge is 1.99. The Hall–Kier alpha value is -1.02. The summed E-state index contributed by atoms with van der Waals surface area (Å²) in [5.41, 5.74) is 2.41. The van der Waals surface area contributed by atoms with E-state index in [0.717, 1.165) is 5.75 Å². The Morgan fingerprint density at radius 3 is 2.67 bits per heavy atom. The van der Waals surface area contributed by atoms with Crippen molar-refractivity contribution >= 4 is 0 Å². The van der Waals surface area contributed by atoms with Gasteiger partial charge in [0.2, 0.25) is 0 Å². The summed E-state index contributed by atoms with van der Waals surface area (Å²) in [6.45, 7) is 4.42. The fourth-order valence-corrected chi connectivity index (χ4v) is 1.00. The summed E-state index contributed by atoms with van der Waals surface area (Å²) >= 11 is 0. The van der Waals surface area contributed by atoms with E-state index in [1.54, 1.807) is 7.11 Å². The van der Waals surface area contributed by atoms with E-state index in [1.807, 2.05) is 19.1 Å². The van der Waals surface area contributed by atoms with Gasteiger partial charge in [0.1, 0.15) is 5.75 Å². The molecule has 0 bridgehead atoms. The van der Waals surface area contributed by atoms with Crippen LogP contribution in [0.15, 0.2) is 18.2 Å². The van der Waals surface area contributed by atoms with E-state index in [4.69, 9.17) is 9.47 Å². The lowest BCUT2D eigenvalue weighted by Gasteiger charge is -2.09. The second kappa shape index (κ2) is 4.12. The predicted octanol–water partition coefficient (Wildman–Crippen LogP) is 2.29. The summed E-state index contributed by atoms with van der Waals surface area (Å²) in [5.74, 6) is 0.900. The first kappa shape index (κ1) is 9.07. The Labute approximate surface area is 73.1 Å². The summed E-state index contributed by atoms with van der Waals surface area (Å²) in [7, 11) is 1.62. The molecule has 12 heavy (non-hydrogen) atoms. The van der Waals surface area contributed by atoms with Crippen LogP contribution in [0.4, 0.5) is 0 Å². The fraction of sp³-hybridized carbons (Fsp3) is 0.400. The zero-order valence-corrected chi connectivity index (χ0v) is 7.76. The summed E-state index contributed by atoms with van der Waals surface area (Å²) in [6.07, 6.45) is 0. The fourth-order valence-electron chi connectivity index (χ4n) is 1.00. The van der Waals surface area contributed by atoms with Crippen molar-refractivity contribution < 1.29 is 9.47 Å². The Morgan fingerprint density at radius 2 is 2.00 bits per heavy atom. The van der Waals surface area contributed by atoms with Gasteiger partial charge in [0, 0.05) is 7.11 Å². The van der Waals surface area contributed by atoms with Crippen molar-refractivity contribution in [2.75, 3.05) is 13.9 Å². The average Bonchev–Trinajstić information content (AvgIpc) is 2.08. The van der Waals surface area contributed by atoms with E-state index in [1.165, 1.54) is 11.1 Å². The lowest BCUT2D eigenvalue weighted by atomic mass is 10.1. The van der Waals surface area contributed by atoms with Crippen LogP contribution in [0.1, 0.15) is 11.1 Å². The number of hydrogen-bond acceptors (Lipinski definition) is 2. The molecule has 66 valence electrons. The molecule has 0 saturated heterocycles. The molecule has 0 aliphatic rings. The monoisotopic (exact) mass is 166 g/mol. The number of methoxy groups -OCH3 is 1. The Morgan fingerprint density at radius 1 is 1.25 bits per heavy atom. The molecule has 2 heteroatoms. The average molecular weight is 166 g/mol.